The smallest absolute Gasteiger partial charge is 0.339 e. The summed E-state index contributed by atoms with van der Waals surface area (Å²) < 4.78 is 37.9. The van der Waals surface area contributed by atoms with Gasteiger partial charge >= 0.3 is 10.1 Å². The van der Waals surface area contributed by atoms with Crippen LogP contribution < -0.4 is 13.4 Å². The lowest BCUT2D eigenvalue weighted by molar-refractivity contribution is 0.271. The van der Waals surface area contributed by atoms with E-state index in [4.69, 9.17) is 8.92 Å². The number of rotatable bonds is 8. The molecule has 3 aromatic carbocycles. The molecule has 1 aliphatic heterocycles. The number of benzene rings is 3. The van der Waals surface area contributed by atoms with Crippen LogP contribution in [0.4, 0.5) is 5.69 Å². The van der Waals surface area contributed by atoms with Crippen LogP contribution in [-0.2, 0) is 16.7 Å². The van der Waals surface area contributed by atoms with Gasteiger partial charge in [-0.15, -0.1) is 0 Å². The second kappa shape index (κ2) is 10.8. The zero-order valence-corrected chi connectivity index (χ0v) is 21.9. The third-order valence-electron chi connectivity index (χ3n) is 7.14. The number of nitrogens with zero attached hydrogens (tertiary/aromatic N) is 1. The molecule has 0 radical (unpaired) electrons. The molecule has 1 fully saturated rings. The number of hydrogen-bond acceptors (Lipinski definition) is 4. The first-order chi connectivity index (χ1) is 18.0. The van der Waals surface area contributed by atoms with Gasteiger partial charge in [0.15, 0.2) is 0 Å². The first-order valence-corrected chi connectivity index (χ1v) is 14.2. The van der Waals surface area contributed by atoms with E-state index in [-0.39, 0.29) is 10.6 Å². The maximum Gasteiger partial charge on any atom is 0.339 e. The van der Waals surface area contributed by atoms with E-state index < -0.39 is 10.1 Å². The predicted octanol–water partition coefficient (Wildman–Crippen LogP) is 6.54. The van der Waals surface area contributed by atoms with E-state index in [1.54, 1.807) is 43.5 Å². The van der Waals surface area contributed by atoms with Crippen molar-refractivity contribution in [2.45, 2.75) is 37.1 Å². The first kappa shape index (κ1) is 25.1. The molecule has 0 bridgehead atoms. The Labute approximate surface area is 219 Å². The summed E-state index contributed by atoms with van der Waals surface area (Å²) in [5.74, 6) is 0.864. The van der Waals surface area contributed by atoms with Crippen molar-refractivity contribution < 1.29 is 17.3 Å². The van der Waals surface area contributed by atoms with Crippen molar-refractivity contribution >= 4 is 15.8 Å². The Morgan fingerprint density at radius 1 is 0.811 bits per heavy atom. The van der Waals surface area contributed by atoms with Crippen molar-refractivity contribution in [3.8, 4) is 22.8 Å². The normalized spacial score (nSPS) is 15.6. The predicted molar refractivity (Wildman–Crippen MR) is 147 cm³/mol. The molecular weight excluding hydrogens is 484 g/mol. The van der Waals surface area contributed by atoms with Gasteiger partial charge in [-0.1, -0.05) is 36.4 Å². The number of nitrogens with one attached hydrogen (secondary N) is 1. The standard InChI is InChI=1S/C30H33N2O4S/c1-35-30-19-17-27(37(33,34)36-26-14-8-5-9-15-26)22-28(30)29-18-16-24(31-29)23-32(20-10-2-3-11-21-32)25-12-6-4-7-13-25/h4-9,12-19,22,31H,2-3,10-11,20-21,23H2,1H3/q+1. The van der Waals surface area contributed by atoms with E-state index in [0.29, 0.717) is 11.3 Å². The van der Waals surface area contributed by atoms with E-state index in [1.807, 2.05) is 12.1 Å². The van der Waals surface area contributed by atoms with Gasteiger partial charge in [0, 0.05) is 11.3 Å². The number of likely N-dealkylation sites (tertiary alicyclic amines) is 1. The fraction of sp³-hybridized carbons (Fsp3) is 0.267. The highest BCUT2D eigenvalue weighted by molar-refractivity contribution is 7.87. The Hall–Kier alpha value is -3.55. The number of aromatic amines is 1. The Bertz CT molecular complexity index is 1420. The van der Waals surface area contributed by atoms with E-state index >= 15 is 0 Å². The second-order valence-electron chi connectivity index (χ2n) is 9.61. The minimum atomic E-state index is -4.01. The van der Waals surface area contributed by atoms with Crippen molar-refractivity contribution in [1.82, 2.24) is 9.47 Å². The third-order valence-corrected chi connectivity index (χ3v) is 8.39. The molecule has 1 saturated heterocycles. The fourth-order valence-electron chi connectivity index (χ4n) is 5.27. The van der Waals surface area contributed by atoms with E-state index in [0.717, 1.165) is 35.5 Å². The summed E-state index contributed by atoms with van der Waals surface area (Å²) in [6.45, 7) is 3.06. The van der Waals surface area contributed by atoms with Crippen LogP contribution in [0.25, 0.3) is 11.3 Å². The summed E-state index contributed by atoms with van der Waals surface area (Å²) >= 11 is 0. The fourth-order valence-corrected chi connectivity index (χ4v) is 6.22. The second-order valence-corrected chi connectivity index (χ2v) is 11.2. The Kier molecular flexibility index (Phi) is 7.35. The van der Waals surface area contributed by atoms with Gasteiger partial charge in [-0.3, -0.25) is 4.48 Å². The minimum Gasteiger partial charge on any atom is -0.496 e. The maximum atomic E-state index is 13.0. The summed E-state index contributed by atoms with van der Waals surface area (Å²) in [6, 6.07) is 28.2. The molecule has 192 valence electrons. The van der Waals surface area contributed by atoms with Gasteiger partial charge in [0.05, 0.1) is 25.9 Å². The molecule has 0 amide bonds. The topological polar surface area (TPSA) is 68.4 Å². The van der Waals surface area contributed by atoms with Crippen LogP contribution in [0.5, 0.6) is 11.5 Å². The van der Waals surface area contributed by atoms with Crippen molar-refractivity contribution in [2.75, 3.05) is 20.2 Å². The quantitative estimate of drug-likeness (QED) is 0.213. The summed E-state index contributed by atoms with van der Waals surface area (Å²) in [4.78, 5) is 3.64. The molecule has 0 atom stereocenters. The summed E-state index contributed by atoms with van der Waals surface area (Å²) in [7, 11) is -2.42. The monoisotopic (exact) mass is 517 g/mol. The largest absolute Gasteiger partial charge is 0.496 e. The lowest BCUT2D eigenvalue weighted by Crippen LogP contribution is -2.49. The molecule has 4 aromatic rings. The summed E-state index contributed by atoms with van der Waals surface area (Å²) in [5, 5.41) is 0. The number of aromatic nitrogens is 1. The lowest BCUT2D eigenvalue weighted by Gasteiger charge is -2.37. The van der Waals surface area contributed by atoms with Crippen LogP contribution in [0.15, 0.2) is 95.9 Å². The molecule has 5 rings (SSSR count). The van der Waals surface area contributed by atoms with E-state index in [1.165, 1.54) is 37.4 Å². The molecule has 1 aromatic heterocycles. The van der Waals surface area contributed by atoms with Gasteiger partial charge in [0.25, 0.3) is 0 Å². The van der Waals surface area contributed by atoms with Crippen molar-refractivity contribution in [3.05, 3.63) is 96.7 Å². The average Bonchev–Trinajstić information content (AvgIpc) is 3.25. The number of para-hydroxylation sites is 2. The van der Waals surface area contributed by atoms with Gasteiger partial charge in [-0.05, 0) is 80.3 Å². The number of quaternary nitrogens is 1. The Balaban J connectivity index is 1.46. The average molecular weight is 518 g/mol. The molecule has 6 nitrogen and oxygen atoms in total. The molecule has 7 heteroatoms. The molecule has 0 spiro atoms. The zero-order valence-electron chi connectivity index (χ0n) is 21.1. The third kappa shape index (κ3) is 5.58. The van der Waals surface area contributed by atoms with Crippen molar-refractivity contribution in [2.24, 2.45) is 0 Å². The SMILES string of the molecule is COc1ccc(S(=O)(=O)Oc2ccccc2)cc1-c1ccc(C[N+]2(c3ccccc3)CCCCCC2)[nH]1. The van der Waals surface area contributed by atoms with E-state index in [2.05, 4.69) is 41.4 Å². The molecule has 37 heavy (non-hydrogen) atoms. The van der Waals surface area contributed by atoms with Gasteiger partial charge < -0.3 is 13.9 Å². The molecular formula is C30H33N2O4S+. The number of methoxy groups -OCH3 is 1. The van der Waals surface area contributed by atoms with Crippen LogP contribution in [0.2, 0.25) is 0 Å². The molecule has 0 aliphatic carbocycles. The number of H-pyrrole nitrogens is 1. The van der Waals surface area contributed by atoms with Gasteiger partial charge in [0.1, 0.15) is 28.6 Å². The van der Waals surface area contributed by atoms with Crippen molar-refractivity contribution in [1.29, 1.82) is 0 Å². The van der Waals surface area contributed by atoms with Crippen LogP contribution >= 0.6 is 0 Å². The molecule has 0 saturated carbocycles. The van der Waals surface area contributed by atoms with Gasteiger partial charge in [-0.25, -0.2) is 0 Å². The van der Waals surface area contributed by atoms with Crippen LogP contribution in [-0.4, -0.2) is 33.6 Å². The van der Waals surface area contributed by atoms with Crippen LogP contribution in [0.1, 0.15) is 31.4 Å². The highest BCUT2D eigenvalue weighted by atomic mass is 32.2. The van der Waals surface area contributed by atoms with E-state index in [9.17, 15) is 8.42 Å². The molecule has 1 N–H and O–H groups in total. The molecule has 0 unspecified atom stereocenters. The highest BCUT2D eigenvalue weighted by Gasteiger charge is 2.32. The highest BCUT2D eigenvalue weighted by Crippen LogP contribution is 2.35. The summed E-state index contributed by atoms with van der Waals surface area (Å²) in [6.07, 6.45) is 4.95. The number of ether oxygens (including phenoxy) is 1. The summed E-state index contributed by atoms with van der Waals surface area (Å²) in [5.41, 5.74) is 3.93. The first-order valence-electron chi connectivity index (χ1n) is 12.8. The Morgan fingerprint density at radius 2 is 1.49 bits per heavy atom. The van der Waals surface area contributed by atoms with Gasteiger partial charge in [0.2, 0.25) is 0 Å². The maximum absolute atomic E-state index is 13.0. The zero-order chi connectivity index (χ0) is 25.7. The minimum absolute atomic E-state index is 0.0728. The number of hydrogen-bond donors (Lipinski definition) is 1. The van der Waals surface area contributed by atoms with Crippen molar-refractivity contribution in [3.63, 3.8) is 0 Å². The van der Waals surface area contributed by atoms with Crippen LogP contribution in [0.3, 0.4) is 0 Å². The van der Waals surface area contributed by atoms with Crippen LogP contribution in [0, 0.1) is 0 Å². The lowest BCUT2D eigenvalue weighted by atomic mass is 10.1. The Morgan fingerprint density at radius 3 is 2.16 bits per heavy atom. The van der Waals surface area contributed by atoms with Gasteiger partial charge in [-0.2, -0.15) is 8.42 Å². The molecule has 2 heterocycles. The molecule has 1 aliphatic rings.